The van der Waals surface area contributed by atoms with Crippen molar-refractivity contribution in [2.45, 2.75) is 26.2 Å². The zero-order chi connectivity index (χ0) is 17.0. The maximum atomic E-state index is 12.3. The summed E-state index contributed by atoms with van der Waals surface area (Å²) in [6.45, 7) is 2.43. The largest absolute Gasteiger partial charge is 0.481 e. The normalized spacial score (nSPS) is 20.3. The van der Waals surface area contributed by atoms with Gasteiger partial charge in [-0.3, -0.25) is 14.4 Å². The molecule has 1 atom stereocenters. The molecule has 2 amide bonds. The number of carbonyl (C=O) groups excluding carboxylic acids is 2. The number of carbonyl (C=O) groups is 3. The zero-order valence-corrected chi connectivity index (χ0v) is 13.5. The summed E-state index contributed by atoms with van der Waals surface area (Å²) in [6, 6.07) is 7.17. The van der Waals surface area contributed by atoms with Crippen molar-refractivity contribution in [3.8, 4) is 0 Å². The molecule has 1 aromatic carbocycles. The minimum Gasteiger partial charge on any atom is -0.481 e. The minimum absolute atomic E-state index is 0.0414. The topological polar surface area (TPSA) is 86.7 Å². The van der Waals surface area contributed by atoms with E-state index in [1.54, 1.807) is 37.1 Å². The van der Waals surface area contributed by atoms with Crippen molar-refractivity contribution in [3.63, 3.8) is 0 Å². The second-order valence-corrected chi connectivity index (χ2v) is 6.21. The summed E-state index contributed by atoms with van der Waals surface area (Å²) in [5, 5.41) is 11.8. The van der Waals surface area contributed by atoms with Gasteiger partial charge in [0, 0.05) is 32.1 Å². The highest BCUT2D eigenvalue weighted by atomic mass is 16.4. The zero-order valence-electron chi connectivity index (χ0n) is 13.5. The third kappa shape index (κ3) is 3.88. The van der Waals surface area contributed by atoms with Gasteiger partial charge in [0.2, 0.25) is 5.91 Å². The molecule has 124 valence electrons. The maximum Gasteiger partial charge on any atom is 0.311 e. The van der Waals surface area contributed by atoms with Gasteiger partial charge in [0.1, 0.15) is 0 Å². The summed E-state index contributed by atoms with van der Waals surface area (Å²) >= 11 is 0. The van der Waals surface area contributed by atoms with Crippen LogP contribution in [0, 0.1) is 5.41 Å². The lowest BCUT2D eigenvalue weighted by molar-refractivity contribution is -0.147. The van der Waals surface area contributed by atoms with Crippen molar-refractivity contribution in [1.29, 1.82) is 0 Å². The van der Waals surface area contributed by atoms with Gasteiger partial charge in [-0.05, 0) is 37.5 Å². The molecule has 1 saturated heterocycles. The smallest absolute Gasteiger partial charge is 0.311 e. The molecule has 6 nitrogen and oxygen atoms in total. The molecule has 2 rings (SSSR count). The molecule has 23 heavy (non-hydrogen) atoms. The van der Waals surface area contributed by atoms with Crippen LogP contribution in [0.1, 0.15) is 35.7 Å². The number of carboxylic acids is 1. The van der Waals surface area contributed by atoms with E-state index in [1.807, 2.05) is 6.07 Å². The average molecular weight is 318 g/mol. The highest BCUT2D eigenvalue weighted by Gasteiger charge is 2.41. The number of nitrogens with one attached hydrogen (secondary N) is 1. The SMILES string of the molecule is CNC(=O)c1cccc(CCC(=O)N2CCC(C)(C(=O)O)C2)c1. The molecular formula is C17H22N2O4. The molecule has 2 N–H and O–H groups in total. The van der Waals surface area contributed by atoms with Crippen molar-refractivity contribution in [2.75, 3.05) is 20.1 Å². The van der Waals surface area contributed by atoms with Crippen molar-refractivity contribution in [2.24, 2.45) is 5.41 Å². The molecule has 0 aliphatic carbocycles. The van der Waals surface area contributed by atoms with E-state index >= 15 is 0 Å². The van der Waals surface area contributed by atoms with E-state index in [-0.39, 0.29) is 18.4 Å². The number of hydrogen-bond donors (Lipinski definition) is 2. The van der Waals surface area contributed by atoms with Gasteiger partial charge in [-0.2, -0.15) is 0 Å². The summed E-state index contributed by atoms with van der Waals surface area (Å²) in [7, 11) is 1.57. The summed E-state index contributed by atoms with van der Waals surface area (Å²) in [4.78, 5) is 36.7. The van der Waals surface area contributed by atoms with E-state index in [2.05, 4.69) is 5.32 Å². The van der Waals surface area contributed by atoms with Crippen molar-refractivity contribution in [3.05, 3.63) is 35.4 Å². The second kappa shape index (κ2) is 6.81. The van der Waals surface area contributed by atoms with Crippen LogP contribution in [0.15, 0.2) is 24.3 Å². The number of aliphatic carboxylic acids is 1. The van der Waals surface area contributed by atoms with Crippen LogP contribution >= 0.6 is 0 Å². The van der Waals surface area contributed by atoms with Crippen LogP contribution in [0.4, 0.5) is 0 Å². The van der Waals surface area contributed by atoms with Gasteiger partial charge >= 0.3 is 5.97 Å². The number of nitrogens with zero attached hydrogens (tertiary/aromatic N) is 1. The molecule has 1 aromatic rings. The van der Waals surface area contributed by atoms with Crippen LogP contribution in [-0.2, 0) is 16.0 Å². The van der Waals surface area contributed by atoms with Gasteiger partial charge < -0.3 is 15.3 Å². The Morgan fingerprint density at radius 1 is 1.35 bits per heavy atom. The maximum absolute atomic E-state index is 12.3. The van der Waals surface area contributed by atoms with Crippen molar-refractivity contribution < 1.29 is 19.5 Å². The summed E-state index contributed by atoms with van der Waals surface area (Å²) in [5.41, 5.74) is 0.645. The van der Waals surface area contributed by atoms with Crippen LogP contribution in [-0.4, -0.2) is 47.9 Å². The second-order valence-electron chi connectivity index (χ2n) is 6.21. The Labute approximate surface area is 135 Å². The molecule has 1 aliphatic heterocycles. The van der Waals surface area contributed by atoms with Gasteiger partial charge in [-0.15, -0.1) is 0 Å². The third-order valence-corrected chi connectivity index (χ3v) is 4.39. The first-order valence-electron chi connectivity index (χ1n) is 7.68. The number of carboxylic acid groups (broad SMARTS) is 1. The molecule has 0 radical (unpaired) electrons. The monoisotopic (exact) mass is 318 g/mol. The van der Waals surface area contributed by atoms with Crippen LogP contribution < -0.4 is 5.32 Å². The molecular weight excluding hydrogens is 296 g/mol. The number of rotatable bonds is 5. The minimum atomic E-state index is -0.855. The first-order chi connectivity index (χ1) is 10.9. The van der Waals surface area contributed by atoms with Crippen molar-refractivity contribution in [1.82, 2.24) is 10.2 Å². The molecule has 0 spiro atoms. The molecule has 0 bridgehead atoms. The fourth-order valence-electron chi connectivity index (χ4n) is 2.77. The summed E-state index contributed by atoms with van der Waals surface area (Å²) in [6.07, 6.45) is 1.33. The number of hydrogen-bond acceptors (Lipinski definition) is 3. The van der Waals surface area contributed by atoms with Crippen LogP contribution in [0.2, 0.25) is 0 Å². The van der Waals surface area contributed by atoms with Gasteiger partial charge in [-0.25, -0.2) is 0 Å². The molecule has 1 heterocycles. The highest BCUT2D eigenvalue weighted by Crippen LogP contribution is 2.30. The van der Waals surface area contributed by atoms with Gasteiger partial charge in [0.15, 0.2) is 0 Å². The van der Waals surface area contributed by atoms with Crippen LogP contribution in [0.5, 0.6) is 0 Å². The molecule has 0 saturated carbocycles. The number of amides is 2. The molecule has 1 aliphatic rings. The van der Waals surface area contributed by atoms with Gasteiger partial charge in [-0.1, -0.05) is 12.1 Å². The highest BCUT2D eigenvalue weighted by molar-refractivity contribution is 5.94. The Morgan fingerprint density at radius 2 is 2.09 bits per heavy atom. The summed E-state index contributed by atoms with van der Waals surface area (Å²) < 4.78 is 0. The van der Waals surface area contributed by atoms with Crippen LogP contribution in [0.25, 0.3) is 0 Å². The molecule has 0 aromatic heterocycles. The number of benzene rings is 1. The first kappa shape index (κ1) is 17.0. The number of likely N-dealkylation sites (tertiary alicyclic amines) is 1. The predicted molar refractivity (Wildman–Crippen MR) is 85.1 cm³/mol. The Kier molecular flexibility index (Phi) is 5.03. The molecule has 1 fully saturated rings. The van der Waals surface area contributed by atoms with Crippen molar-refractivity contribution >= 4 is 17.8 Å². The fourth-order valence-corrected chi connectivity index (χ4v) is 2.77. The standard InChI is InChI=1S/C17H22N2O4/c1-17(16(22)23)8-9-19(11-17)14(20)7-6-12-4-3-5-13(10-12)15(21)18-2/h3-5,10H,6-9,11H2,1-2H3,(H,18,21)(H,22,23). The summed E-state index contributed by atoms with van der Waals surface area (Å²) in [5.74, 6) is -1.05. The van der Waals surface area contributed by atoms with E-state index in [4.69, 9.17) is 0 Å². The fraction of sp³-hybridized carbons (Fsp3) is 0.471. The van der Waals surface area contributed by atoms with Gasteiger partial charge in [0.25, 0.3) is 5.91 Å². The quantitative estimate of drug-likeness (QED) is 0.857. The predicted octanol–water partition coefficient (Wildman–Crippen LogP) is 1.30. The van der Waals surface area contributed by atoms with Crippen LogP contribution in [0.3, 0.4) is 0 Å². The van der Waals surface area contributed by atoms with E-state index in [0.29, 0.717) is 31.4 Å². The Balaban J connectivity index is 1.93. The average Bonchev–Trinajstić information content (AvgIpc) is 2.96. The third-order valence-electron chi connectivity index (χ3n) is 4.39. The molecule has 1 unspecified atom stereocenters. The Hall–Kier alpha value is -2.37. The lowest BCUT2D eigenvalue weighted by Crippen LogP contribution is -2.34. The van der Waals surface area contributed by atoms with E-state index in [0.717, 1.165) is 5.56 Å². The Morgan fingerprint density at radius 3 is 2.70 bits per heavy atom. The Bertz CT molecular complexity index is 629. The van der Waals surface area contributed by atoms with E-state index < -0.39 is 11.4 Å². The van der Waals surface area contributed by atoms with Gasteiger partial charge in [0.05, 0.1) is 5.41 Å². The van der Waals surface area contributed by atoms with E-state index in [1.165, 1.54) is 0 Å². The molecule has 6 heteroatoms. The van der Waals surface area contributed by atoms with E-state index in [9.17, 15) is 19.5 Å². The lowest BCUT2D eigenvalue weighted by Gasteiger charge is -2.20. The number of aryl methyl sites for hydroxylation is 1. The first-order valence-corrected chi connectivity index (χ1v) is 7.68. The lowest BCUT2D eigenvalue weighted by atomic mass is 9.90.